The highest BCUT2D eigenvalue weighted by Gasteiger charge is 2.36. The summed E-state index contributed by atoms with van der Waals surface area (Å²) >= 11 is 0. The highest BCUT2D eigenvalue weighted by Crippen LogP contribution is 2.25. The Morgan fingerprint density at radius 3 is 2.65 bits per heavy atom. The molecule has 1 aliphatic heterocycles. The van der Waals surface area contributed by atoms with Gasteiger partial charge in [0, 0.05) is 12.6 Å². The molecule has 0 aliphatic carbocycles. The van der Waals surface area contributed by atoms with Gasteiger partial charge in [-0.05, 0) is 25.3 Å². The van der Waals surface area contributed by atoms with E-state index in [1.165, 1.54) is 4.31 Å². The van der Waals surface area contributed by atoms with Gasteiger partial charge < -0.3 is 9.84 Å². The molecule has 7 heteroatoms. The largest absolute Gasteiger partial charge is 0.481 e. The third kappa shape index (κ3) is 5.02. The predicted octanol–water partition coefficient (Wildman–Crippen LogP) is 1.72. The number of hydrogen-bond donors (Lipinski definition) is 1. The minimum atomic E-state index is -3.51. The second-order valence-corrected chi connectivity index (χ2v) is 7.93. The standard InChI is InChI=1S/C16H23NO5S/c1-13-7-8-15(16(18)19)11-17(13)23(20,21)10-9-22-12-14-5-3-2-4-6-14/h2-6,13,15H,7-12H2,1H3,(H,18,19). The van der Waals surface area contributed by atoms with Crippen molar-refractivity contribution < 1.29 is 23.1 Å². The minimum Gasteiger partial charge on any atom is -0.481 e. The van der Waals surface area contributed by atoms with Crippen molar-refractivity contribution in [2.24, 2.45) is 5.92 Å². The van der Waals surface area contributed by atoms with Gasteiger partial charge in [0.05, 0.1) is 24.9 Å². The van der Waals surface area contributed by atoms with Crippen molar-refractivity contribution in [3.8, 4) is 0 Å². The van der Waals surface area contributed by atoms with Crippen LogP contribution in [-0.2, 0) is 26.2 Å². The van der Waals surface area contributed by atoms with Gasteiger partial charge in [-0.25, -0.2) is 8.42 Å². The molecule has 1 fully saturated rings. The average molecular weight is 341 g/mol. The third-order valence-corrected chi connectivity index (χ3v) is 6.03. The van der Waals surface area contributed by atoms with Crippen molar-refractivity contribution >= 4 is 16.0 Å². The van der Waals surface area contributed by atoms with Crippen LogP contribution in [0.3, 0.4) is 0 Å². The van der Waals surface area contributed by atoms with Crippen LogP contribution < -0.4 is 0 Å². The summed E-state index contributed by atoms with van der Waals surface area (Å²) in [5.41, 5.74) is 0.988. The van der Waals surface area contributed by atoms with Gasteiger partial charge in [-0.3, -0.25) is 4.79 Å². The van der Waals surface area contributed by atoms with E-state index in [0.29, 0.717) is 19.4 Å². The Hall–Kier alpha value is -1.44. The molecule has 2 atom stereocenters. The second kappa shape index (κ2) is 7.90. The first-order valence-electron chi connectivity index (χ1n) is 7.74. The number of nitrogens with zero attached hydrogens (tertiary/aromatic N) is 1. The van der Waals surface area contributed by atoms with E-state index in [1.807, 2.05) is 37.3 Å². The molecular formula is C16H23NO5S. The first kappa shape index (κ1) is 17.9. The van der Waals surface area contributed by atoms with E-state index >= 15 is 0 Å². The number of carbonyl (C=O) groups is 1. The number of aliphatic carboxylic acids is 1. The predicted molar refractivity (Wildman–Crippen MR) is 86.4 cm³/mol. The topological polar surface area (TPSA) is 83.9 Å². The van der Waals surface area contributed by atoms with Gasteiger partial charge in [-0.1, -0.05) is 30.3 Å². The van der Waals surface area contributed by atoms with Gasteiger partial charge in [-0.15, -0.1) is 0 Å². The molecule has 0 radical (unpaired) electrons. The van der Waals surface area contributed by atoms with Crippen LogP contribution in [0.4, 0.5) is 0 Å². The van der Waals surface area contributed by atoms with E-state index in [-0.39, 0.29) is 24.9 Å². The fourth-order valence-electron chi connectivity index (χ4n) is 2.71. The molecule has 1 saturated heterocycles. The third-order valence-electron chi connectivity index (χ3n) is 4.13. The highest BCUT2D eigenvalue weighted by molar-refractivity contribution is 7.89. The summed E-state index contributed by atoms with van der Waals surface area (Å²) in [7, 11) is -3.51. The molecule has 23 heavy (non-hydrogen) atoms. The molecule has 1 aromatic rings. The summed E-state index contributed by atoms with van der Waals surface area (Å²) in [6.45, 7) is 2.33. The summed E-state index contributed by atoms with van der Waals surface area (Å²) < 4.78 is 31.6. The monoisotopic (exact) mass is 341 g/mol. The molecule has 0 aromatic heterocycles. The summed E-state index contributed by atoms with van der Waals surface area (Å²) in [5, 5.41) is 9.10. The lowest BCUT2D eigenvalue weighted by Gasteiger charge is -2.35. The van der Waals surface area contributed by atoms with Gasteiger partial charge in [0.1, 0.15) is 0 Å². The Morgan fingerprint density at radius 1 is 1.30 bits per heavy atom. The van der Waals surface area contributed by atoms with Crippen LogP contribution in [0.2, 0.25) is 0 Å². The summed E-state index contributed by atoms with van der Waals surface area (Å²) in [6, 6.07) is 9.38. The van der Waals surface area contributed by atoms with Gasteiger partial charge in [0.2, 0.25) is 10.0 Å². The zero-order valence-corrected chi connectivity index (χ0v) is 14.0. The Kier molecular flexibility index (Phi) is 6.15. The van der Waals surface area contributed by atoms with E-state index in [0.717, 1.165) is 5.56 Å². The van der Waals surface area contributed by atoms with Crippen molar-refractivity contribution in [3.05, 3.63) is 35.9 Å². The van der Waals surface area contributed by atoms with E-state index in [2.05, 4.69) is 0 Å². The van der Waals surface area contributed by atoms with Gasteiger partial charge in [0.15, 0.2) is 0 Å². The summed E-state index contributed by atoms with van der Waals surface area (Å²) in [6.07, 6.45) is 1.09. The molecule has 0 saturated carbocycles. The number of hydrogen-bond acceptors (Lipinski definition) is 4. The van der Waals surface area contributed by atoms with Crippen LogP contribution in [-0.4, -0.2) is 48.7 Å². The second-order valence-electron chi connectivity index (χ2n) is 5.89. The van der Waals surface area contributed by atoms with Crippen LogP contribution in [0.25, 0.3) is 0 Å². The smallest absolute Gasteiger partial charge is 0.307 e. The molecule has 128 valence electrons. The zero-order valence-electron chi connectivity index (χ0n) is 13.2. The Labute approximate surface area is 137 Å². The summed E-state index contributed by atoms with van der Waals surface area (Å²) in [5.74, 6) is -1.68. The normalized spacial score (nSPS) is 22.8. The lowest BCUT2D eigenvalue weighted by Crippen LogP contribution is -2.48. The molecule has 6 nitrogen and oxygen atoms in total. The quantitative estimate of drug-likeness (QED) is 0.764. The van der Waals surface area contributed by atoms with Crippen LogP contribution in [0.5, 0.6) is 0 Å². The number of piperidine rings is 1. The number of benzene rings is 1. The number of carboxylic acids is 1. The number of rotatable bonds is 7. The van der Waals surface area contributed by atoms with Crippen molar-refractivity contribution in [1.29, 1.82) is 0 Å². The van der Waals surface area contributed by atoms with E-state index < -0.39 is 21.9 Å². The van der Waals surface area contributed by atoms with E-state index in [4.69, 9.17) is 9.84 Å². The fraction of sp³-hybridized carbons (Fsp3) is 0.562. The molecule has 1 aliphatic rings. The highest BCUT2D eigenvalue weighted by atomic mass is 32.2. The van der Waals surface area contributed by atoms with Gasteiger partial charge in [0.25, 0.3) is 0 Å². The van der Waals surface area contributed by atoms with E-state index in [1.54, 1.807) is 0 Å². The van der Waals surface area contributed by atoms with Crippen molar-refractivity contribution in [3.63, 3.8) is 0 Å². The van der Waals surface area contributed by atoms with Crippen LogP contribution in [0.1, 0.15) is 25.3 Å². The van der Waals surface area contributed by atoms with Crippen molar-refractivity contribution in [1.82, 2.24) is 4.31 Å². The fourth-order valence-corrected chi connectivity index (χ4v) is 4.33. The average Bonchev–Trinajstić information content (AvgIpc) is 2.52. The zero-order chi connectivity index (χ0) is 16.9. The maximum Gasteiger partial charge on any atom is 0.307 e. The molecule has 1 N–H and O–H groups in total. The summed E-state index contributed by atoms with van der Waals surface area (Å²) in [4.78, 5) is 11.1. The van der Waals surface area contributed by atoms with Gasteiger partial charge >= 0.3 is 5.97 Å². The first-order chi connectivity index (χ1) is 10.9. The lowest BCUT2D eigenvalue weighted by atomic mass is 9.96. The molecule has 2 unspecified atom stereocenters. The first-order valence-corrected chi connectivity index (χ1v) is 9.35. The molecule has 1 heterocycles. The van der Waals surface area contributed by atoms with Crippen LogP contribution in [0, 0.1) is 5.92 Å². The van der Waals surface area contributed by atoms with Crippen molar-refractivity contribution in [2.45, 2.75) is 32.4 Å². The molecule has 0 amide bonds. The van der Waals surface area contributed by atoms with E-state index in [9.17, 15) is 13.2 Å². The van der Waals surface area contributed by atoms with Crippen molar-refractivity contribution in [2.75, 3.05) is 18.9 Å². The Bertz CT molecular complexity index is 617. The molecule has 2 rings (SSSR count). The molecule has 0 spiro atoms. The number of sulfonamides is 1. The molecular weight excluding hydrogens is 318 g/mol. The Balaban J connectivity index is 1.86. The van der Waals surface area contributed by atoms with Gasteiger partial charge in [-0.2, -0.15) is 4.31 Å². The molecule has 1 aromatic carbocycles. The maximum atomic E-state index is 12.4. The number of carboxylic acid groups (broad SMARTS) is 1. The Morgan fingerprint density at radius 2 is 2.00 bits per heavy atom. The van der Waals surface area contributed by atoms with Crippen LogP contribution >= 0.6 is 0 Å². The minimum absolute atomic E-state index is 0.0531. The maximum absolute atomic E-state index is 12.4. The lowest BCUT2D eigenvalue weighted by molar-refractivity contribution is -0.143. The number of ether oxygens (including phenoxy) is 1. The SMILES string of the molecule is CC1CCC(C(=O)O)CN1S(=O)(=O)CCOCc1ccccc1. The van der Waals surface area contributed by atoms with Crippen LogP contribution in [0.15, 0.2) is 30.3 Å². The molecule has 0 bridgehead atoms.